The van der Waals surface area contributed by atoms with E-state index in [1.807, 2.05) is 39.0 Å². The maximum Gasteiger partial charge on any atom is 0.410 e. The maximum atomic E-state index is 12.2. The average molecular weight is 332 g/mol. The lowest BCUT2D eigenvalue weighted by Crippen LogP contribution is -2.49. The van der Waals surface area contributed by atoms with E-state index >= 15 is 0 Å². The summed E-state index contributed by atoms with van der Waals surface area (Å²) in [4.78, 5) is 16.3. The zero-order chi connectivity index (χ0) is 17.3. The van der Waals surface area contributed by atoms with E-state index in [1.54, 1.807) is 4.90 Å². The lowest BCUT2D eigenvalue weighted by Gasteiger charge is -2.42. The molecule has 1 fully saturated rings. The summed E-state index contributed by atoms with van der Waals surface area (Å²) in [5.74, 6) is 0. The summed E-state index contributed by atoms with van der Waals surface area (Å²) in [6.07, 6.45) is 1.21. The quantitative estimate of drug-likeness (QED) is 0.859. The number of aliphatic hydroxyl groups excluding tert-OH is 1. The fourth-order valence-corrected chi connectivity index (χ4v) is 3.63. The van der Waals surface area contributed by atoms with Gasteiger partial charge < -0.3 is 14.7 Å². The molecule has 0 radical (unpaired) electrons. The topological polar surface area (TPSA) is 53.0 Å². The molecule has 0 bridgehead atoms. The van der Waals surface area contributed by atoms with Crippen LogP contribution in [0.15, 0.2) is 24.3 Å². The van der Waals surface area contributed by atoms with Crippen LogP contribution in [0, 0.1) is 0 Å². The number of nitrogens with zero attached hydrogens (tertiary/aromatic N) is 2. The Hall–Kier alpha value is -1.59. The van der Waals surface area contributed by atoms with Crippen LogP contribution in [0.3, 0.4) is 0 Å². The van der Waals surface area contributed by atoms with E-state index in [-0.39, 0.29) is 6.09 Å². The van der Waals surface area contributed by atoms with Crippen LogP contribution in [-0.4, -0.2) is 52.3 Å². The van der Waals surface area contributed by atoms with Crippen molar-refractivity contribution in [2.45, 2.75) is 57.9 Å². The number of piperidine rings is 1. The van der Waals surface area contributed by atoms with Gasteiger partial charge >= 0.3 is 6.09 Å². The summed E-state index contributed by atoms with van der Waals surface area (Å²) in [7, 11) is 0. The van der Waals surface area contributed by atoms with Crippen molar-refractivity contribution in [2.24, 2.45) is 0 Å². The molecule has 1 aromatic carbocycles. The molecule has 2 aliphatic rings. The van der Waals surface area contributed by atoms with Gasteiger partial charge in [0.15, 0.2) is 0 Å². The Balaban J connectivity index is 1.57. The van der Waals surface area contributed by atoms with Crippen molar-refractivity contribution in [3.8, 4) is 0 Å². The Morgan fingerprint density at radius 2 is 1.88 bits per heavy atom. The first-order valence-electron chi connectivity index (χ1n) is 8.81. The first kappa shape index (κ1) is 17.2. The number of rotatable bonds is 1. The molecule has 5 nitrogen and oxygen atoms in total. The summed E-state index contributed by atoms with van der Waals surface area (Å²) in [5.41, 5.74) is 1.82. The van der Waals surface area contributed by atoms with Gasteiger partial charge in [-0.3, -0.25) is 4.90 Å². The summed E-state index contributed by atoms with van der Waals surface area (Å²) in [5, 5.41) is 10.4. The van der Waals surface area contributed by atoms with Crippen molar-refractivity contribution >= 4 is 6.09 Å². The molecule has 1 atom stereocenters. The highest BCUT2D eigenvalue weighted by atomic mass is 16.6. The van der Waals surface area contributed by atoms with E-state index < -0.39 is 11.7 Å². The molecule has 5 heteroatoms. The van der Waals surface area contributed by atoms with Gasteiger partial charge in [-0.1, -0.05) is 24.3 Å². The lowest BCUT2D eigenvalue weighted by atomic mass is 9.94. The number of fused-ring (bicyclic) bond motifs is 1. The minimum atomic E-state index is -0.450. The molecule has 0 saturated carbocycles. The van der Waals surface area contributed by atoms with Gasteiger partial charge in [0.05, 0.1) is 6.10 Å². The molecule has 24 heavy (non-hydrogen) atoms. The second-order valence-electron chi connectivity index (χ2n) is 7.84. The molecule has 2 heterocycles. The van der Waals surface area contributed by atoms with Gasteiger partial charge in [0.25, 0.3) is 0 Å². The van der Waals surface area contributed by atoms with Crippen LogP contribution in [0.25, 0.3) is 0 Å². The summed E-state index contributed by atoms with van der Waals surface area (Å²) < 4.78 is 5.45. The van der Waals surface area contributed by atoms with Crippen LogP contribution >= 0.6 is 0 Å². The van der Waals surface area contributed by atoms with Crippen molar-refractivity contribution in [3.05, 3.63) is 35.4 Å². The monoisotopic (exact) mass is 332 g/mol. The first-order chi connectivity index (χ1) is 11.3. The van der Waals surface area contributed by atoms with E-state index in [9.17, 15) is 9.90 Å². The number of hydrogen-bond acceptors (Lipinski definition) is 4. The molecule has 1 aromatic rings. The Kier molecular flexibility index (Phi) is 4.83. The highest BCUT2D eigenvalue weighted by molar-refractivity contribution is 5.68. The Labute approximate surface area is 144 Å². The van der Waals surface area contributed by atoms with Gasteiger partial charge in [-0.25, -0.2) is 4.79 Å². The average Bonchev–Trinajstić information content (AvgIpc) is 2.53. The van der Waals surface area contributed by atoms with Crippen molar-refractivity contribution in [1.82, 2.24) is 9.80 Å². The van der Waals surface area contributed by atoms with Gasteiger partial charge in [0.1, 0.15) is 5.60 Å². The van der Waals surface area contributed by atoms with Crippen LogP contribution in [0.4, 0.5) is 4.79 Å². The van der Waals surface area contributed by atoms with E-state index in [4.69, 9.17) is 4.74 Å². The SMILES string of the molecule is CC(C)(C)OC(=O)N1CCC(N2Cc3ccccc3C(O)C2)CC1. The standard InChI is InChI=1S/C19H28N2O3/c1-19(2,3)24-18(23)20-10-8-15(9-11-20)21-12-14-6-4-5-7-16(14)17(22)13-21/h4-7,15,17,22H,8-13H2,1-3H3. The Morgan fingerprint density at radius 1 is 1.21 bits per heavy atom. The number of ether oxygens (including phenoxy) is 1. The molecule has 1 unspecified atom stereocenters. The van der Waals surface area contributed by atoms with Crippen LogP contribution in [0.5, 0.6) is 0 Å². The number of β-amino-alcohol motifs (C(OH)–C–C–N with tert-alkyl or cyclic N) is 1. The molecule has 0 aliphatic carbocycles. The first-order valence-corrected chi connectivity index (χ1v) is 8.81. The van der Waals surface area contributed by atoms with E-state index in [1.165, 1.54) is 5.56 Å². The normalized spacial score (nSPS) is 23.0. The predicted molar refractivity (Wildman–Crippen MR) is 92.6 cm³/mol. The fourth-order valence-electron chi connectivity index (χ4n) is 3.63. The molecule has 1 saturated heterocycles. The van der Waals surface area contributed by atoms with E-state index in [2.05, 4.69) is 11.0 Å². The Bertz CT molecular complexity index is 589. The maximum absolute atomic E-state index is 12.2. The van der Waals surface area contributed by atoms with Gasteiger partial charge in [-0.05, 0) is 44.7 Å². The predicted octanol–water partition coefficient (Wildman–Crippen LogP) is 2.94. The van der Waals surface area contributed by atoms with Crippen molar-refractivity contribution in [1.29, 1.82) is 0 Å². The number of amides is 1. The number of carbonyl (C=O) groups excluding carboxylic acids is 1. The number of carbonyl (C=O) groups is 1. The number of hydrogen-bond donors (Lipinski definition) is 1. The van der Waals surface area contributed by atoms with Crippen LogP contribution in [-0.2, 0) is 11.3 Å². The lowest BCUT2D eigenvalue weighted by molar-refractivity contribution is 0.00608. The summed E-state index contributed by atoms with van der Waals surface area (Å²) >= 11 is 0. The largest absolute Gasteiger partial charge is 0.444 e. The van der Waals surface area contributed by atoms with Gasteiger partial charge in [0, 0.05) is 32.2 Å². The molecular weight excluding hydrogens is 304 g/mol. The molecule has 1 N–H and O–H groups in total. The van der Waals surface area contributed by atoms with Crippen LogP contribution in [0.1, 0.15) is 50.8 Å². The van der Waals surface area contributed by atoms with Gasteiger partial charge in [0.2, 0.25) is 0 Å². The van der Waals surface area contributed by atoms with Gasteiger partial charge in [-0.2, -0.15) is 0 Å². The van der Waals surface area contributed by atoms with Gasteiger partial charge in [-0.15, -0.1) is 0 Å². The third-order valence-corrected chi connectivity index (χ3v) is 4.83. The van der Waals surface area contributed by atoms with Crippen molar-refractivity contribution in [3.63, 3.8) is 0 Å². The Morgan fingerprint density at radius 3 is 2.54 bits per heavy atom. The number of likely N-dealkylation sites (tertiary alicyclic amines) is 1. The van der Waals surface area contributed by atoms with Crippen molar-refractivity contribution in [2.75, 3.05) is 19.6 Å². The van der Waals surface area contributed by atoms with Crippen LogP contribution < -0.4 is 0 Å². The number of aliphatic hydroxyl groups is 1. The highest BCUT2D eigenvalue weighted by Gasteiger charge is 2.32. The molecular formula is C19H28N2O3. The molecule has 1 amide bonds. The second kappa shape index (κ2) is 6.73. The minimum absolute atomic E-state index is 0.218. The smallest absolute Gasteiger partial charge is 0.410 e. The molecule has 0 spiro atoms. The second-order valence-corrected chi connectivity index (χ2v) is 7.84. The zero-order valence-corrected chi connectivity index (χ0v) is 14.9. The third-order valence-electron chi connectivity index (χ3n) is 4.83. The summed E-state index contributed by atoms with van der Waals surface area (Å²) in [6.45, 7) is 8.67. The zero-order valence-electron chi connectivity index (χ0n) is 14.9. The molecule has 0 aromatic heterocycles. The molecule has 132 valence electrons. The highest BCUT2D eigenvalue weighted by Crippen LogP contribution is 2.30. The number of benzene rings is 1. The summed E-state index contributed by atoms with van der Waals surface area (Å²) in [6, 6.07) is 8.53. The van der Waals surface area contributed by atoms with Crippen molar-refractivity contribution < 1.29 is 14.6 Å². The van der Waals surface area contributed by atoms with E-state index in [0.717, 1.165) is 24.9 Å². The third kappa shape index (κ3) is 3.90. The minimum Gasteiger partial charge on any atom is -0.444 e. The fraction of sp³-hybridized carbons (Fsp3) is 0.632. The van der Waals surface area contributed by atoms with E-state index in [0.29, 0.717) is 25.7 Å². The van der Waals surface area contributed by atoms with Crippen LogP contribution in [0.2, 0.25) is 0 Å². The molecule has 2 aliphatic heterocycles. The molecule has 3 rings (SSSR count).